The molecule has 1 aliphatic rings. The van der Waals surface area contributed by atoms with E-state index < -0.39 is 5.91 Å². The van der Waals surface area contributed by atoms with Crippen molar-refractivity contribution < 1.29 is 4.79 Å². The van der Waals surface area contributed by atoms with Crippen LogP contribution in [0.2, 0.25) is 0 Å². The van der Waals surface area contributed by atoms with Crippen molar-refractivity contribution in [1.29, 1.82) is 0 Å². The van der Waals surface area contributed by atoms with E-state index >= 15 is 0 Å². The second-order valence-corrected chi connectivity index (χ2v) is 4.27. The number of hydrogen-bond donors (Lipinski definition) is 1. The maximum atomic E-state index is 11.3. The Morgan fingerprint density at radius 2 is 2.38 bits per heavy atom. The first-order valence-electron chi connectivity index (χ1n) is 5.37. The van der Waals surface area contributed by atoms with E-state index in [1.807, 2.05) is 11.3 Å². The third-order valence-electron chi connectivity index (χ3n) is 3.09. The van der Waals surface area contributed by atoms with Crippen LogP contribution in [0.25, 0.3) is 5.65 Å². The molecule has 0 spiro atoms. The van der Waals surface area contributed by atoms with E-state index in [-0.39, 0.29) is 0 Å². The van der Waals surface area contributed by atoms with E-state index in [1.165, 1.54) is 12.8 Å². The summed E-state index contributed by atoms with van der Waals surface area (Å²) >= 11 is 0. The molecule has 1 aliphatic carbocycles. The Kier molecular flexibility index (Phi) is 1.80. The number of carbonyl (C=O) groups is 1. The van der Waals surface area contributed by atoms with Gasteiger partial charge in [0.05, 0.1) is 11.3 Å². The van der Waals surface area contributed by atoms with E-state index in [1.54, 1.807) is 12.3 Å². The smallest absolute Gasteiger partial charge is 0.252 e. The van der Waals surface area contributed by atoms with Gasteiger partial charge in [-0.15, -0.1) is 0 Å². The number of imidazole rings is 1. The number of aromatic nitrogens is 2. The molecule has 4 heteroatoms. The number of nitrogens with two attached hydrogens (primary N) is 1. The second kappa shape index (κ2) is 3.07. The summed E-state index contributed by atoms with van der Waals surface area (Å²) in [5.41, 5.74) is 8.61. The first-order chi connectivity index (χ1) is 7.68. The monoisotopic (exact) mass is 214 g/mol. The maximum absolute atomic E-state index is 11.3. The molecule has 0 bridgehead atoms. The molecule has 2 aromatic heterocycles. The number of primary amides is 1. The highest BCUT2D eigenvalue weighted by molar-refractivity contribution is 5.98. The van der Waals surface area contributed by atoms with E-state index in [0.717, 1.165) is 11.4 Å². The number of nitrogens with zero attached hydrogens (tertiary/aromatic N) is 2. The molecule has 1 saturated carbocycles. The van der Waals surface area contributed by atoms with Crippen molar-refractivity contribution in [2.45, 2.75) is 25.7 Å². The van der Waals surface area contributed by atoms with Crippen molar-refractivity contribution in [1.82, 2.24) is 9.38 Å². The fourth-order valence-electron chi connectivity index (χ4n) is 2.06. The maximum Gasteiger partial charge on any atom is 0.252 e. The van der Waals surface area contributed by atoms with Crippen LogP contribution in [0.4, 0.5) is 0 Å². The van der Waals surface area contributed by atoms with E-state index in [2.05, 4.69) is 11.1 Å². The molecule has 3 rings (SSSR count). The van der Waals surface area contributed by atoms with Crippen molar-refractivity contribution >= 4 is 11.6 Å². The predicted octanol–water partition coefficient (Wildman–Crippen LogP) is 1.42. The molecular formula is C12H12N3O. The zero-order chi connectivity index (χ0) is 11.3. The number of carbonyl (C=O) groups excluding carboxylic acids is 1. The third-order valence-corrected chi connectivity index (χ3v) is 3.09. The molecule has 0 atom stereocenters. The first kappa shape index (κ1) is 9.39. The minimum Gasteiger partial charge on any atom is -0.365 e. The van der Waals surface area contributed by atoms with E-state index in [9.17, 15) is 4.79 Å². The minimum absolute atomic E-state index is 0.442. The van der Waals surface area contributed by atoms with Gasteiger partial charge < -0.3 is 10.1 Å². The summed E-state index contributed by atoms with van der Waals surface area (Å²) in [6.07, 6.45) is 4.19. The molecule has 0 unspecified atom stereocenters. The molecule has 0 saturated heterocycles. The Morgan fingerprint density at radius 1 is 1.62 bits per heavy atom. The van der Waals surface area contributed by atoms with Gasteiger partial charge in [-0.1, -0.05) is 0 Å². The van der Waals surface area contributed by atoms with Gasteiger partial charge in [-0.3, -0.25) is 4.79 Å². The molecule has 4 nitrogen and oxygen atoms in total. The van der Waals surface area contributed by atoms with Crippen molar-refractivity contribution in [3.8, 4) is 0 Å². The number of hydrogen-bond acceptors (Lipinski definition) is 2. The Balaban J connectivity index is 2.31. The zero-order valence-corrected chi connectivity index (χ0v) is 9.03. The standard InChI is InChI=1S/C12H12N3O/c1-7-10(8-4-5-8)14-12-9(11(13)16)3-2-6-15(7)12/h3,6,8H,4-5H2,1H3,(H2,13,16). The highest BCUT2D eigenvalue weighted by Gasteiger charge is 2.29. The normalized spacial score (nSPS) is 15.6. The quantitative estimate of drug-likeness (QED) is 0.821. The van der Waals surface area contributed by atoms with Crippen LogP contribution in [0.15, 0.2) is 12.3 Å². The van der Waals surface area contributed by atoms with Crippen molar-refractivity contribution in [2.24, 2.45) is 5.73 Å². The van der Waals surface area contributed by atoms with Gasteiger partial charge >= 0.3 is 0 Å². The lowest BCUT2D eigenvalue weighted by atomic mass is 10.2. The molecule has 1 radical (unpaired) electrons. The molecule has 1 amide bonds. The van der Waals surface area contributed by atoms with Gasteiger partial charge in [-0.05, 0) is 25.8 Å². The Bertz CT molecular complexity index is 581. The lowest BCUT2D eigenvalue weighted by Crippen LogP contribution is -2.12. The Hall–Kier alpha value is -1.84. The topological polar surface area (TPSA) is 60.4 Å². The Morgan fingerprint density at radius 3 is 3.00 bits per heavy atom. The molecule has 0 aromatic carbocycles. The number of aryl methyl sites for hydroxylation is 1. The minimum atomic E-state index is -0.450. The fourth-order valence-corrected chi connectivity index (χ4v) is 2.06. The summed E-state index contributed by atoms with van der Waals surface area (Å²) in [5, 5.41) is 0. The van der Waals surface area contributed by atoms with Crippen LogP contribution < -0.4 is 5.73 Å². The van der Waals surface area contributed by atoms with Crippen LogP contribution in [-0.4, -0.2) is 15.3 Å². The van der Waals surface area contributed by atoms with Gasteiger partial charge in [-0.25, -0.2) is 4.98 Å². The molecule has 16 heavy (non-hydrogen) atoms. The highest BCUT2D eigenvalue weighted by Crippen LogP contribution is 2.41. The van der Waals surface area contributed by atoms with Crippen LogP contribution in [0.5, 0.6) is 0 Å². The molecule has 2 heterocycles. The zero-order valence-electron chi connectivity index (χ0n) is 9.03. The SMILES string of the molecule is Cc1c(C2CC2)nc2c(C(N)=O)c[c]cn12. The summed E-state index contributed by atoms with van der Waals surface area (Å²) in [4.78, 5) is 15.8. The number of fused-ring (bicyclic) bond motifs is 1. The summed E-state index contributed by atoms with van der Waals surface area (Å²) in [7, 11) is 0. The van der Waals surface area contributed by atoms with Crippen molar-refractivity contribution in [3.05, 3.63) is 35.3 Å². The van der Waals surface area contributed by atoms with Gasteiger partial charge in [-0.2, -0.15) is 0 Å². The largest absolute Gasteiger partial charge is 0.365 e. The Labute approximate surface area is 93.1 Å². The average Bonchev–Trinajstić information content (AvgIpc) is 3.04. The molecular weight excluding hydrogens is 202 g/mol. The number of pyridine rings is 1. The lowest BCUT2D eigenvalue weighted by molar-refractivity contribution is 0.100. The summed E-state index contributed by atoms with van der Waals surface area (Å²) in [6.45, 7) is 2.02. The van der Waals surface area contributed by atoms with Gasteiger partial charge in [0.1, 0.15) is 5.65 Å². The van der Waals surface area contributed by atoms with Gasteiger partial charge in [0.15, 0.2) is 0 Å². The van der Waals surface area contributed by atoms with Gasteiger partial charge in [0.2, 0.25) is 0 Å². The van der Waals surface area contributed by atoms with Gasteiger partial charge in [0, 0.05) is 23.9 Å². The summed E-state index contributed by atoms with van der Waals surface area (Å²) in [6, 6.07) is 4.52. The van der Waals surface area contributed by atoms with Crippen molar-refractivity contribution in [3.63, 3.8) is 0 Å². The van der Waals surface area contributed by atoms with Crippen LogP contribution >= 0.6 is 0 Å². The van der Waals surface area contributed by atoms with E-state index in [0.29, 0.717) is 17.1 Å². The van der Waals surface area contributed by atoms with Crippen LogP contribution in [-0.2, 0) is 0 Å². The first-order valence-corrected chi connectivity index (χ1v) is 5.37. The fraction of sp³-hybridized carbons (Fsp3) is 0.333. The third kappa shape index (κ3) is 1.23. The summed E-state index contributed by atoms with van der Waals surface area (Å²) < 4.78 is 1.90. The summed E-state index contributed by atoms with van der Waals surface area (Å²) in [5.74, 6) is 0.120. The number of rotatable bonds is 2. The average molecular weight is 214 g/mol. The lowest BCUT2D eigenvalue weighted by Gasteiger charge is -1.99. The van der Waals surface area contributed by atoms with Crippen LogP contribution in [0.3, 0.4) is 0 Å². The predicted molar refractivity (Wildman–Crippen MR) is 59.3 cm³/mol. The van der Waals surface area contributed by atoms with Crippen LogP contribution in [0.1, 0.15) is 40.5 Å². The number of amides is 1. The molecule has 1 fully saturated rings. The molecule has 2 aromatic rings. The van der Waals surface area contributed by atoms with Crippen molar-refractivity contribution in [2.75, 3.05) is 0 Å². The molecule has 0 aliphatic heterocycles. The second-order valence-electron chi connectivity index (χ2n) is 4.27. The van der Waals surface area contributed by atoms with Gasteiger partial charge in [0.25, 0.3) is 5.91 Å². The molecule has 2 N–H and O–H groups in total. The van der Waals surface area contributed by atoms with Crippen LogP contribution in [0, 0.1) is 13.0 Å². The van der Waals surface area contributed by atoms with E-state index in [4.69, 9.17) is 5.73 Å². The molecule has 81 valence electrons. The highest BCUT2D eigenvalue weighted by atomic mass is 16.1.